The summed E-state index contributed by atoms with van der Waals surface area (Å²) >= 11 is 0. The quantitative estimate of drug-likeness (QED) is 0.123. The van der Waals surface area contributed by atoms with Crippen LogP contribution >= 0.6 is 0 Å². The number of pyridine rings is 1. The fourth-order valence-corrected chi connectivity index (χ4v) is 9.99. The molecule has 67 heavy (non-hydrogen) atoms. The molecule has 1 saturated heterocycles. The zero-order valence-electron chi connectivity index (χ0n) is 40.9. The van der Waals surface area contributed by atoms with Crippen molar-refractivity contribution in [2.45, 2.75) is 105 Å². The molecule has 7 heteroatoms. The summed E-state index contributed by atoms with van der Waals surface area (Å²) in [6.45, 7) is 30.7. The van der Waals surface area contributed by atoms with Gasteiger partial charge in [-0.3, -0.25) is 4.48 Å². The van der Waals surface area contributed by atoms with Crippen molar-refractivity contribution in [2.24, 2.45) is 0 Å². The molecule has 6 aromatic carbocycles. The van der Waals surface area contributed by atoms with Crippen LogP contribution in [0.4, 0.5) is 22.7 Å². The molecule has 5 heterocycles. The van der Waals surface area contributed by atoms with E-state index < -0.39 is 0 Å². The molecule has 3 aliphatic heterocycles. The Hall–Kier alpha value is -5.83. The van der Waals surface area contributed by atoms with E-state index in [1.54, 1.807) is 0 Å². The van der Waals surface area contributed by atoms with Gasteiger partial charge in [0.25, 0.3) is 0 Å². The molecule has 0 spiro atoms. The minimum absolute atomic E-state index is 0. The van der Waals surface area contributed by atoms with Crippen LogP contribution in [-0.2, 0) is 42.7 Å². The van der Waals surface area contributed by atoms with E-state index in [0.717, 1.165) is 40.0 Å². The molecule has 0 amide bonds. The Morgan fingerprint density at radius 3 is 1.93 bits per heavy atom. The second kappa shape index (κ2) is 15.9. The van der Waals surface area contributed by atoms with Crippen LogP contribution in [0, 0.1) is 30.1 Å². The van der Waals surface area contributed by atoms with Crippen LogP contribution in [0.15, 0.2) is 128 Å². The first-order valence-electron chi connectivity index (χ1n) is 23.2. The molecule has 2 atom stereocenters. The van der Waals surface area contributed by atoms with Crippen LogP contribution in [0.1, 0.15) is 111 Å². The van der Waals surface area contributed by atoms with E-state index in [9.17, 15) is 5.26 Å². The van der Waals surface area contributed by atoms with E-state index in [1.165, 1.54) is 50.4 Å². The summed E-state index contributed by atoms with van der Waals surface area (Å²) in [5.74, 6) is 1.95. The zero-order valence-corrected chi connectivity index (χ0v) is 43.1. The number of hydrogen-bond donors (Lipinski definition) is 0. The maximum absolute atomic E-state index is 9.91. The summed E-state index contributed by atoms with van der Waals surface area (Å²) < 4.78 is 10.0. The maximum Gasteiger partial charge on any atom is 0.187 e. The number of para-hydroxylation sites is 1. The topological polar surface area (TPSA) is 50.8 Å². The second-order valence-corrected chi connectivity index (χ2v) is 22.7. The molecule has 2 aromatic heterocycles. The first kappa shape index (κ1) is 46.3. The van der Waals surface area contributed by atoms with Crippen molar-refractivity contribution in [2.75, 3.05) is 6.67 Å². The molecule has 6 nitrogen and oxygen atoms in total. The van der Waals surface area contributed by atoms with Gasteiger partial charge in [-0.25, -0.2) is 4.98 Å². The van der Waals surface area contributed by atoms with Crippen LogP contribution in [-0.4, -0.2) is 16.2 Å². The molecule has 0 unspecified atom stereocenters. The molecule has 1 fully saturated rings. The van der Waals surface area contributed by atoms with Gasteiger partial charge in [-0.05, 0) is 85.2 Å². The Morgan fingerprint density at radius 2 is 1.25 bits per heavy atom. The Balaban J connectivity index is 0.00000562. The molecule has 0 aliphatic carbocycles. The van der Waals surface area contributed by atoms with E-state index in [-0.39, 0.29) is 42.7 Å². The summed E-state index contributed by atoms with van der Waals surface area (Å²) in [5, 5.41) is 11.9. The smallest absolute Gasteiger partial charge is 0.187 e. The van der Waals surface area contributed by atoms with Gasteiger partial charge < -0.3 is 13.8 Å². The minimum atomic E-state index is -0.0773. The summed E-state index contributed by atoms with van der Waals surface area (Å²) in [7, 11) is 0. The number of nitriles is 1. The van der Waals surface area contributed by atoms with Gasteiger partial charge in [0.05, 0.1) is 18.3 Å². The normalized spacial score (nSPS) is 18.0. The van der Waals surface area contributed by atoms with Crippen LogP contribution < -0.4 is 13.7 Å². The van der Waals surface area contributed by atoms with Crippen molar-refractivity contribution >= 4 is 44.6 Å². The van der Waals surface area contributed by atoms with Crippen molar-refractivity contribution < 1.29 is 25.8 Å². The Kier molecular flexibility index (Phi) is 11.0. The van der Waals surface area contributed by atoms with Crippen molar-refractivity contribution in [3.8, 4) is 34.5 Å². The number of aromatic nitrogens is 2. The molecule has 3 aliphatic rings. The number of nitrogens with zero attached hydrogens (tertiary/aromatic N) is 5. The molecule has 0 saturated carbocycles. The fraction of sp³-hybridized carbons (Fsp3) is 0.283. The fourth-order valence-electron chi connectivity index (χ4n) is 9.99. The van der Waals surface area contributed by atoms with E-state index in [0.29, 0.717) is 26.0 Å². The van der Waals surface area contributed by atoms with Crippen LogP contribution in [0.5, 0.6) is 11.5 Å². The standard InChI is InChI=1S/C60H60N5O.Pt/c1-57(2,3)41-17-13-16-40(29-41)49-20-15-21-54-56(49)65(46-31-43(59(7,8)9)30-44(32-46)60(10,11)12)37-64(54,38-65)45-18-14-19-47(34-45)66-48-23-25-51-50-24-22-39(36-61)28-52(50)63(53(51)35-48)55-33-42(26-27-62-55)58(4,5)6;/h13-33,37H,38H2,1-12H3;/q-1;/t64-,65+;/m1./s1. The molecular weight excluding hydrogens is 1000 g/mol. The van der Waals surface area contributed by atoms with Gasteiger partial charge in [0.1, 0.15) is 11.5 Å². The Labute approximate surface area is 411 Å². The largest absolute Gasteiger partial charge is 0.509 e. The predicted molar refractivity (Wildman–Crippen MR) is 273 cm³/mol. The molecule has 8 aromatic rings. The van der Waals surface area contributed by atoms with Crippen molar-refractivity contribution in [3.05, 3.63) is 174 Å². The van der Waals surface area contributed by atoms with E-state index in [1.807, 2.05) is 36.5 Å². The molecule has 0 N–H and O–H groups in total. The van der Waals surface area contributed by atoms with Crippen LogP contribution in [0.2, 0.25) is 0 Å². The number of rotatable bonds is 6. The predicted octanol–water partition coefficient (Wildman–Crippen LogP) is 15.7. The van der Waals surface area contributed by atoms with Gasteiger partial charge >= 0.3 is 0 Å². The average Bonchev–Trinajstić information content (AvgIpc) is 3.86. The number of hydrogen-bond acceptors (Lipinski definition) is 3. The summed E-state index contributed by atoms with van der Waals surface area (Å²) in [4.78, 5) is 4.86. The van der Waals surface area contributed by atoms with Crippen molar-refractivity contribution in [1.29, 1.82) is 5.26 Å². The molecule has 342 valence electrons. The summed E-state index contributed by atoms with van der Waals surface area (Å²) in [6.07, 6.45) is 1.86. The third-order valence-electron chi connectivity index (χ3n) is 13.9. The number of benzene rings is 6. The van der Waals surface area contributed by atoms with Gasteiger partial charge in [-0.1, -0.05) is 137 Å². The number of fused-ring (bicyclic) bond motifs is 3. The molecule has 11 rings (SSSR count). The summed E-state index contributed by atoms with van der Waals surface area (Å²) in [5.41, 5.74) is 14.7. The van der Waals surface area contributed by atoms with Crippen molar-refractivity contribution in [1.82, 2.24) is 18.5 Å². The second-order valence-electron chi connectivity index (χ2n) is 22.7. The molecule has 2 bridgehead atoms. The van der Waals surface area contributed by atoms with Gasteiger partial charge in [-0.15, -0.1) is 29.7 Å². The van der Waals surface area contributed by atoms with Crippen molar-refractivity contribution in [3.63, 3.8) is 0 Å². The molecule has 0 radical (unpaired) electrons. The average molecular weight is 1060 g/mol. The van der Waals surface area contributed by atoms with E-state index in [4.69, 9.17) is 9.72 Å². The SMILES string of the molecule is CC(C)(C)c1cccc(-c2cccc3c2[N@@+]2(c4cc(C(C)(C)C)cc(C(C)(C)C)c4)[CH-][N@+]3(c3[c-]c(Oc4[c-]c5c(cc4)c4ccc(C#N)cc4n5-c4cc(C(C)(C)C)ccn4)ccc3)C2)c1.[Pt]. The van der Waals surface area contributed by atoms with Gasteiger partial charge in [0.2, 0.25) is 0 Å². The van der Waals surface area contributed by atoms with E-state index >= 15 is 0 Å². The van der Waals surface area contributed by atoms with Crippen LogP contribution in [0.25, 0.3) is 38.8 Å². The van der Waals surface area contributed by atoms with Gasteiger partial charge in [-0.2, -0.15) is 17.4 Å². The first-order chi connectivity index (χ1) is 31.1. The monoisotopic (exact) mass is 1060 g/mol. The maximum atomic E-state index is 9.91. The zero-order chi connectivity index (χ0) is 46.8. The third kappa shape index (κ3) is 7.74. The third-order valence-corrected chi connectivity index (χ3v) is 13.9. The minimum Gasteiger partial charge on any atom is -0.509 e. The van der Waals surface area contributed by atoms with Gasteiger partial charge in [0, 0.05) is 73.7 Å². The Bertz CT molecular complexity index is 3270. The first-order valence-corrected chi connectivity index (χ1v) is 23.2. The number of ether oxygens (including phenoxy) is 1. The Morgan fingerprint density at radius 1 is 0.627 bits per heavy atom. The number of quaternary nitrogens is 2. The van der Waals surface area contributed by atoms with E-state index in [2.05, 4.69) is 204 Å². The van der Waals surface area contributed by atoms with Gasteiger partial charge in [0.15, 0.2) is 18.0 Å². The molecular formula is C60H60N5OPt-. The van der Waals surface area contributed by atoms with Crippen LogP contribution in [0.3, 0.4) is 0 Å². The summed E-state index contributed by atoms with van der Waals surface area (Å²) in [6, 6.07) is 53.4.